The highest BCUT2D eigenvalue weighted by Crippen LogP contribution is 2.21. The number of rotatable bonds is 20. The predicted octanol–water partition coefficient (Wildman–Crippen LogP) is 6.00. The molecular weight excluding hydrogens is 621 g/mol. The van der Waals surface area contributed by atoms with E-state index in [2.05, 4.69) is 28.8 Å². The molecule has 0 saturated heterocycles. The molecule has 0 aliphatic heterocycles. The van der Waals surface area contributed by atoms with Gasteiger partial charge < -0.3 is 25.5 Å². The van der Waals surface area contributed by atoms with Crippen LogP contribution in [0.1, 0.15) is 42.4 Å². The van der Waals surface area contributed by atoms with E-state index in [1.54, 1.807) is 24.3 Å². The summed E-state index contributed by atoms with van der Waals surface area (Å²) in [5.74, 6) is -2.71. The molecule has 0 aliphatic rings. The summed E-state index contributed by atoms with van der Waals surface area (Å²) < 4.78 is 19.4. The number of fused-ring (bicyclic) bond motifs is 1. The molecule has 3 aromatic carbocycles. The number of H-pyrrole nitrogens is 1. The highest BCUT2D eigenvalue weighted by molar-refractivity contribution is 5.87. The number of amides is 2. The number of carbonyl (C=O) groups is 3. The van der Waals surface area contributed by atoms with Crippen molar-refractivity contribution in [3.63, 3.8) is 0 Å². The Morgan fingerprint density at radius 1 is 0.837 bits per heavy atom. The highest BCUT2D eigenvalue weighted by Gasteiger charge is 2.27. The molecule has 9 heteroatoms. The van der Waals surface area contributed by atoms with Crippen molar-refractivity contribution in [2.24, 2.45) is 11.8 Å². The quantitative estimate of drug-likeness (QED) is 0.0681. The lowest BCUT2D eigenvalue weighted by Crippen LogP contribution is -2.45. The number of allylic oxidation sites excluding steroid dienone is 2. The first-order valence-electron chi connectivity index (χ1n) is 16.7. The van der Waals surface area contributed by atoms with Crippen LogP contribution in [0.5, 0.6) is 0 Å². The first kappa shape index (κ1) is 36.8. The van der Waals surface area contributed by atoms with E-state index in [4.69, 9.17) is 4.74 Å². The molecule has 0 saturated carbocycles. The third kappa shape index (κ3) is 11.6. The minimum absolute atomic E-state index is 0.0885. The summed E-state index contributed by atoms with van der Waals surface area (Å²) in [5.41, 5.74) is 3.67. The van der Waals surface area contributed by atoms with Crippen molar-refractivity contribution in [1.29, 1.82) is 0 Å². The number of carbonyl (C=O) groups excluding carboxylic acids is 3. The monoisotopic (exact) mass is 667 g/mol. The number of benzene rings is 3. The molecule has 0 bridgehead atoms. The van der Waals surface area contributed by atoms with E-state index in [1.807, 2.05) is 60.8 Å². The van der Waals surface area contributed by atoms with Crippen molar-refractivity contribution in [3.8, 4) is 0 Å². The van der Waals surface area contributed by atoms with Crippen LogP contribution in [0.25, 0.3) is 10.9 Å². The second-order valence-corrected chi connectivity index (χ2v) is 12.4. The van der Waals surface area contributed by atoms with Gasteiger partial charge in [-0.25, -0.2) is 4.39 Å². The molecule has 0 unspecified atom stereocenters. The van der Waals surface area contributed by atoms with Crippen LogP contribution < -0.4 is 10.6 Å². The van der Waals surface area contributed by atoms with Crippen molar-refractivity contribution in [1.82, 2.24) is 15.6 Å². The second kappa shape index (κ2) is 19.1. The Hall–Kier alpha value is -5.02. The molecule has 258 valence electrons. The zero-order valence-corrected chi connectivity index (χ0v) is 27.8. The van der Waals surface area contributed by atoms with E-state index in [0.29, 0.717) is 32.1 Å². The minimum Gasteiger partial charge on any atom is -0.463 e. The molecule has 1 aromatic heterocycles. The molecule has 4 rings (SSSR count). The topological polar surface area (TPSA) is 121 Å². The highest BCUT2D eigenvalue weighted by atomic mass is 19.1. The van der Waals surface area contributed by atoms with Gasteiger partial charge in [0, 0.05) is 23.5 Å². The summed E-state index contributed by atoms with van der Waals surface area (Å²) in [6.07, 6.45) is 7.67. The number of nitrogens with one attached hydrogen (secondary N) is 3. The van der Waals surface area contributed by atoms with Crippen molar-refractivity contribution < 1.29 is 28.6 Å². The average Bonchev–Trinajstić information content (AvgIpc) is 3.52. The van der Waals surface area contributed by atoms with Gasteiger partial charge in [0.15, 0.2) is 0 Å². The molecule has 8 nitrogen and oxygen atoms in total. The zero-order chi connectivity index (χ0) is 35.0. The van der Waals surface area contributed by atoms with Crippen LogP contribution in [0.15, 0.2) is 110 Å². The third-order valence-electron chi connectivity index (χ3n) is 8.53. The molecule has 1 heterocycles. The van der Waals surface area contributed by atoms with Gasteiger partial charge >= 0.3 is 5.97 Å². The summed E-state index contributed by atoms with van der Waals surface area (Å²) in [5, 5.41) is 16.8. The van der Waals surface area contributed by atoms with Crippen LogP contribution in [0, 0.1) is 17.7 Å². The lowest BCUT2D eigenvalue weighted by atomic mass is 9.94. The van der Waals surface area contributed by atoms with Gasteiger partial charge in [-0.1, -0.05) is 72.8 Å². The number of para-hydroxylation sites is 1. The van der Waals surface area contributed by atoms with Gasteiger partial charge in [-0.2, -0.15) is 0 Å². The molecule has 0 fully saturated rings. The summed E-state index contributed by atoms with van der Waals surface area (Å²) in [6, 6.07) is 22.3. The number of aromatic nitrogens is 1. The molecular formula is C40H46FN3O5. The molecule has 4 atom stereocenters. The first-order valence-corrected chi connectivity index (χ1v) is 16.7. The summed E-state index contributed by atoms with van der Waals surface area (Å²) >= 11 is 0. The van der Waals surface area contributed by atoms with Crippen molar-refractivity contribution in [3.05, 3.63) is 133 Å². The minimum atomic E-state index is -0.728. The Balaban J connectivity index is 1.46. The number of hydrogen-bond donors (Lipinski definition) is 4. The van der Waals surface area contributed by atoms with Gasteiger partial charge in [0.05, 0.1) is 30.5 Å². The fraction of sp³-hybridized carbons (Fsp3) is 0.325. The van der Waals surface area contributed by atoms with E-state index < -0.39 is 29.9 Å². The predicted molar refractivity (Wildman–Crippen MR) is 190 cm³/mol. The van der Waals surface area contributed by atoms with Gasteiger partial charge in [-0.15, -0.1) is 13.2 Å². The Morgan fingerprint density at radius 2 is 1.55 bits per heavy atom. The van der Waals surface area contributed by atoms with Crippen LogP contribution in [-0.2, 0) is 38.4 Å². The SMILES string of the molecule is C=CCC[C@@H](Cc1ccc(F)cc1)C(=O)OC[C@@H](Cc1c[nH]c2ccccc12)NC(=O)[C@@H](CC=C)CC(=O)N[C@H](CO)Cc1ccccc1. The van der Waals surface area contributed by atoms with Gasteiger partial charge in [0.1, 0.15) is 12.4 Å². The van der Waals surface area contributed by atoms with Crippen LogP contribution in [0.3, 0.4) is 0 Å². The van der Waals surface area contributed by atoms with Crippen LogP contribution in [-0.4, -0.2) is 53.2 Å². The van der Waals surface area contributed by atoms with Crippen molar-refractivity contribution in [2.75, 3.05) is 13.2 Å². The van der Waals surface area contributed by atoms with E-state index in [-0.39, 0.29) is 43.7 Å². The molecule has 0 radical (unpaired) electrons. The number of halogens is 1. The lowest BCUT2D eigenvalue weighted by molar-refractivity contribution is -0.150. The van der Waals surface area contributed by atoms with E-state index in [1.165, 1.54) is 12.1 Å². The van der Waals surface area contributed by atoms with Crippen molar-refractivity contribution in [2.45, 2.75) is 57.0 Å². The largest absolute Gasteiger partial charge is 0.463 e. The van der Waals surface area contributed by atoms with Crippen molar-refractivity contribution >= 4 is 28.7 Å². The Bertz CT molecular complexity index is 1670. The fourth-order valence-corrected chi connectivity index (χ4v) is 5.92. The maximum Gasteiger partial charge on any atom is 0.309 e. The van der Waals surface area contributed by atoms with Gasteiger partial charge in [-0.05, 0) is 73.4 Å². The maximum atomic E-state index is 13.7. The Morgan fingerprint density at radius 3 is 2.27 bits per heavy atom. The molecule has 4 aromatic rings. The zero-order valence-electron chi connectivity index (χ0n) is 27.8. The normalized spacial score (nSPS) is 13.5. The van der Waals surface area contributed by atoms with E-state index in [0.717, 1.165) is 27.6 Å². The van der Waals surface area contributed by atoms with Gasteiger partial charge in [-0.3, -0.25) is 14.4 Å². The smallest absolute Gasteiger partial charge is 0.309 e. The number of aliphatic hydroxyl groups is 1. The number of ether oxygens (including phenoxy) is 1. The Labute approximate surface area is 287 Å². The molecule has 0 aliphatic carbocycles. The molecule has 49 heavy (non-hydrogen) atoms. The standard InChI is InChI=1S/C40H46FN3O5/c1-3-5-14-31(21-29-17-19-33(41)20-18-29)40(48)49-27-35(23-32-25-42-37-16-10-9-15-36(32)37)44-39(47)30(11-4-2)24-38(46)43-34(26-45)22-28-12-7-6-8-13-28/h3-4,6-10,12-13,15-20,25,30-31,34-35,42,45H,1-2,5,11,14,21-24,26-27H2,(H,43,46)(H,44,47)/t30-,31-,34-,35+/m0/s1. The maximum absolute atomic E-state index is 13.7. The summed E-state index contributed by atoms with van der Waals surface area (Å²) in [6.45, 7) is 7.23. The van der Waals surface area contributed by atoms with Gasteiger partial charge in [0.25, 0.3) is 0 Å². The summed E-state index contributed by atoms with van der Waals surface area (Å²) in [4.78, 5) is 43.5. The number of aromatic amines is 1. The Kier molecular flexibility index (Phi) is 14.3. The fourth-order valence-electron chi connectivity index (χ4n) is 5.92. The average molecular weight is 668 g/mol. The number of esters is 1. The second-order valence-electron chi connectivity index (χ2n) is 12.4. The van der Waals surface area contributed by atoms with E-state index in [9.17, 15) is 23.9 Å². The third-order valence-corrected chi connectivity index (χ3v) is 8.53. The molecule has 4 N–H and O–H groups in total. The van der Waals surface area contributed by atoms with Crippen LogP contribution in [0.4, 0.5) is 4.39 Å². The molecule has 2 amide bonds. The number of aliphatic hydroxyl groups excluding tert-OH is 1. The number of hydrogen-bond acceptors (Lipinski definition) is 5. The van der Waals surface area contributed by atoms with E-state index >= 15 is 0 Å². The molecule has 0 spiro atoms. The van der Waals surface area contributed by atoms with Crippen LogP contribution in [0.2, 0.25) is 0 Å². The summed E-state index contributed by atoms with van der Waals surface area (Å²) in [7, 11) is 0. The lowest BCUT2D eigenvalue weighted by Gasteiger charge is -2.24. The van der Waals surface area contributed by atoms with Crippen LogP contribution >= 0.6 is 0 Å². The first-order chi connectivity index (χ1) is 23.8. The van der Waals surface area contributed by atoms with Gasteiger partial charge in [0.2, 0.25) is 11.8 Å².